The molecule has 9 heteroatoms. The predicted molar refractivity (Wildman–Crippen MR) is 29.1 cm³/mol. The van der Waals surface area contributed by atoms with Crippen LogP contribution in [0.15, 0.2) is 0 Å². The van der Waals surface area contributed by atoms with Gasteiger partial charge in [-0.2, -0.15) is 16.8 Å². The molecule has 0 aliphatic heterocycles. The molecule has 0 aliphatic rings. The molecule has 0 saturated heterocycles. The summed E-state index contributed by atoms with van der Waals surface area (Å²) in [5, 5.41) is 0. The molecule has 0 atom stereocenters. The van der Waals surface area contributed by atoms with Crippen LogP contribution in [-0.4, -0.2) is 23.9 Å². The monoisotopic (exact) mass is 193 g/mol. The van der Waals surface area contributed by atoms with Crippen molar-refractivity contribution in [2.75, 3.05) is 7.11 Å². The Morgan fingerprint density at radius 1 is 1.30 bits per heavy atom. The van der Waals surface area contributed by atoms with Crippen molar-refractivity contribution in [3.8, 4) is 0 Å². The predicted octanol–water partition coefficient (Wildman–Crippen LogP) is -1.32. The van der Waals surface area contributed by atoms with Crippen molar-refractivity contribution < 1.29 is 24.9 Å². The fourth-order valence-electron chi connectivity index (χ4n) is 0.156. The highest BCUT2D eigenvalue weighted by molar-refractivity contribution is 8.00. The average Bonchev–Trinajstić information content (AvgIpc) is 1.60. The third kappa shape index (κ3) is 4.61. The van der Waals surface area contributed by atoms with Crippen molar-refractivity contribution in [2.45, 2.75) is 0 Å². The van der Waals surface area contributed by atoms with Crippen LogP contribution in [0.25, 0.3) is 0 Å². The third-order valence-electron chi connectivity index (χ3n) is 0.421. The lowest BCUT2D eigenvalue weighted by atomic mass is 11.8. The summed E-state index contributed by atoms with van der Waals surface area (Å²) in [4.78, 5) is 0. The SMILES string of the molecule is COS(=O)(=O)NS(=O)(=O)F. The molecule has 0 unspecified atom stereocenters. The molecule has 0 spiro atoms. The van der Waals surface area contributed by atoms with Crippen molar-refractivity contribution in [1.82, 2.24) is 4.13 Å². The summed E-state index contributed by atoms with van der Waals surface area (Å²) in [6, 6.07) is 0. The van der Waals surface area contributed by atoms with Gasteiger partial charge in [-0.15, -0.1) is 0 Å². The third-order valence-corrected chi connectivity index (χ3v) is 2.47. The van der Waals surface area contributed by atoms with Crippen molar-refractivity contribution >= 4 is 20.7 Å². The molecule has 0 amide bonds. The molecular weight excluding hydrogens is 189 g/mol. The largest absolute Gasteiger partial charge is 0.387 e. The Balaban J connectivity index is 4.49. The molecule has 62 valence electrons. The summed E-state index contributed by atoms with van der Waals surface area (Å²) < 4.78 is 54.9. The van der Waals surface area contributed by atoms with Crippen molar-refractivity contribution in [3.05, 3.63) is 0 Å². The fraction of sp³-hybridized carbons (Fsp3) is 1.00. The molecular formula is CH4FNO5S2. The van der Waals surface area contributed by atoms with E-state index in [1.807, 2.05) is 0 Å². The maximum absolute atomic E-state index is 11.5. The Hall–Kier alpha value is -0.250. The van der Waals surface area contributed by atoms with E-state index in [1.165, 1.54) is 0 Å². The summed E-state index contributed by atoms with van der Waals surface area (Å²) in [5.74, 6) is 0. The summed E-state index contributed by atoms with van der Waals surface area (Å²) in [7, 11) is -9.06. The van der Waals surface area contributed by atoms with E-state index in [0.29, 0.717) is 11.2 Å². The summed E-state index contributed by atoms with van der Waals surface area (Å²) in [6.07, 6.45) is 0. The molecule has 6 nitrogen and oxygen atoms in total. The average molecular weight is 193 g/mol. The van der Waals surface area contributed by atoms with Gasteiger partial charge in [0.15, 0.2) is 0 Å². The summed E-state index contributed by atoms with van der Waals surface area (Å²) in [5.41, 5.74) is 0. The first-order valence-electron chi connectivity index (χ1n) is 1.80. The Morgan fingerprint density at radius 2 is 1.70 bits per heavy atom. The highest BCUT2D eigenvalue weighted by Crippen LogP contribution is 1.90. The van der Waals surface area contributed by atoms with E-state index in [1.54, 1.807) is 0 Å². The molecule has 0 bridgehead atoms. The first kappa shape index (κ1) is 9.75. The summed E-state index contributed by atoms with van der Waals surface area (Å²) in [6.45, 7) is 0. The molecule has 0 radical (unpaired) electrons. The van der Waals surface area contributed by atoms with Gasteiger partial charge in [-0.05, 0) is 0 Å². The molecule has 0 aromatic rings. The minimum atomic E-state index is -5.26. The normalized spacial score (nSPS) is 13.4. The Bertz CT molecular complexity index is 288. The highest BCUT2D eigenvalue weighted by atomic mass is 32.3. The van der Waals surface area contributed by atoms with Crippen LogP contribution >= 0.6 is 0 Å². The number of nitrogens with one attached hydrogen (secondary N) is 1. The minimum Gasteiger partial charge on any atom is -0.261 e. The Labute approximate surface area is 57.6 Å². The number of hydrogen-bond acceptors (Lipinski definition) is 5. The van der Waals surface area contributed by atoms with Crippen molar-refractivity contribution in [3.63, 3.8) is 0 Å². The highest BCUT2D eigenvalue weighted by Gasteiger charge is 2.17. The maximum atomic E-state index is 11.5. The van der Waals surface area contributed by atoms with E-state index < -0.39 is 20.7 Å². The van der Waals surface area contributed by atoms with E-state index in [2.05, 4.69) is 4.18 Å². The van der Waals surface area contributed by atoms with Gasteiger partial charge in [-0.25, -0.2) is 0 Å². The molecule has 0 aromatic carbocycles. The molecule has 0 aliphatic carbocycles. The van der Waals surface area contributed by atoms with Crippen LogP contribution in [0.4, 0.5) is 3.89 Å². The number of hydrogen-bond donors (Lipinski definition) is 1. The first-order valence-corrected chi connectivity index (χ1v) is 4.60. The topological polar surface area (TPSA) is 89.5 Å². The van der Waals surface area contributed by atoms with Crippen LogP contribution in [0.1, 0.15) is 0 Å². The lowest BCUT2D eigenvalue weighted by molar-refractivity contribution is 0.393. The van der Waals surface area contributed by atoms with E-state index in [9.17, 15) is 20.7 Å². The van der Waals surface area contributed by atoms with Crippen LogP contribution in [0, 0.1) is 0 Å². The van der Waals surface area contributed by atoms with Crippen molar-refractivity contribution in [1.29, 1.82) is 0 Å². The first-order chi connectivity index (χ1) is 4.27. The smallest absolute Gasteiger partial charge is 0.261 e. The van der Waals surface area contributed by atoms with Crippen LogP contribution in [0.5, 0.6) is 0 Å². The van der Waals surface area contributed by atoms with Gasteiger partial charge < -0.3 is 0 Å². The van der Waals surface area contributed by atoms with Gasteiger partial charge in [0, 0.05) is 0 Å². The van der Waals surface area contributed by atoms with Crippen LogP contribution in [0.3, 0.4) is 0 Å². The van der Waals surface area contributed by atoms with E-state index >= 15 is 0 Å². The standard InChI is InChI=1S/CH4FNO5S2/c1-8-10(6,7)3-9(2,4)5/h3H,1H3. The zero-order valence-corrected chi connectivity index (χ0v) is 6.37. The molecule has 0 aromatic heterocycles. The molecule has 1 N–H and O–H groups in total. The number of rotatable bonds is 3. The minimum absolute atomic E-state index is 0.601. The van der Waals surface area contributed by atoms with Crippen LogP contribution in [-0.2, 0) is 24.9 Å². The van der Waals surface area contributed by atoms with E-state index in [0.717, 1.165) is 0 Å². The second kappa shape index (κ2) is 2.78. The van der Waals surface area contributed by atoms with Gasteiger partial charge in [0.2, 0.25) is 0 Å². The molecule has 0 fully saturated rings. The number of halogens is 1. The van der Waals surface area contributed by atoms with Gasteiger partial charge in [0.25, 0.3) is 0 Å². The van der Waals surface area contributed by atoms with E-state index in [-0.39, 0.29) is 0 Å². The van der Waals surface area contributed by atoms with Gasteiger partial charge >= 0.3 is 20.7 Å². The molecule has 10 heavy (non-hydrogen) atoms. The van der Waals surface area contributed by atoms with Gasteiger partial charge in [0.1, 0.15) is 0 Å². The Morgan fingerprint density at radius 3 is 1.80 bits per heavy atom. The quantitative estimate of drug-likeness (QED) is 0.561. The maximum Gasteiger partial charge on any atom is 0.387 e. The zero-order valence-electron chi connectivity index (χ0n) is 4.74. The van der Waals surface area contributed by atoms with E-state index in [4.69, 9.17) is 0 Å². The second-order valence-corrected chi connectivity index (χ2v) is 3.93. The fourth-order valence-corrected chi connectivity index (χ4v) is 1.40. The van der Waals surface area contributed by atoms with Gasteiger partial charge in [-0.1, -0.05) is 8.01 Å². The Kier molecular flexibility index (Phi) is 2.71. The summed E-state index contributed by atoms with van der Waals surface area (Å²) >= 11 is 0. The zero-order chi connectivity index (χ0) is 8.41. The lowest BCUT2D eigenvalue weighted by Gasteiger charge is -1.96. The molecule has 0 heterocycles. The second-order valence-electron chi connectivity index (χ2n) is 1.14. The van der Waals surface area contributed by atoms with Crippen molar-refractivity contribution in [2.24, 2.45) is 0 Å². The van der Waals surface area contributed by atoms with Gasteiger partial charge in [-0.3, -0.25) is 4.18 Å². The molecule has 0 saturated carbocycles. The van der Waals surface area contributed by atoms with Gasteiger partial charge in [0.05, 0.1) is 7.11 Å². The van der Waals surface area contributed by atoms with Crippen LogP contribution < -0.4 is 4.13 Å². The molecule has 0 rings (SSSR count). The lowest BCUT2D eigenvalue weighted by Crippen LogP contribution is -2.28. The van der Waals surface area contributed by atoms with Crippen LogP contribution in [0.2, 0.25) is 0 Å².